The Balaban J connectivity index is 1.92. The van der Waals surface area contributed by atoms with E-state index in [9.17, 15) is 14.4 Å². The molecule has 1 N–H and O–H groups in total. The molecule has 8 nitrogen and oxygen atoms in total. The minimum Gasteiger partial charge on any atom is -0.497 e. The van der Waals surface area contributed by atoms with E-state index in [1.54, 1.807) is 42.5 Å². The number of amides is 4. The molecule has 0 radical (unpaired) electrons. The van der Waals surface area contributed by atoms with Crippen LogP contribution < -0.4 is 24.4 Å². The Bertz CT molecular complexity index is 1060. The van der Waals surface area contributed by atoms with Gasteiger partial charge in [-0.25, -0.2) is 9.69 Å². The Hall–Kier alpha value is -3.81. The molecule has 1 aliphatic rings. The van der Waals surface area contributed by atoms with Gasteiger partial charge in [0.1, 0.15) is 22.8 Å². The molecule has 1 saturated heterocycles. The van der Waals surface area contributed by atoms with Crippen molar-refractivity contribution in [2.24, 2.45) is 0 Å². The zero-order valence-electron chi connectivity index (χ0n) is 19.2. The predicted molar refractivity (Wildman–Crippen MR) is 125 cm³/mol. The van der Waals surface area contributed by atoms with Crippen molar-refractivity contribution in [3.8, 4) is 17.2 Å². The van der Waals surface area contributed by atoms with Crippen LogP contribution >= 0.6 is 0 Å². The van der Waals surface area contributed by atoms with Gasteiger partial charge in [0.05, 0.1) is 25.5 Å². The van der Waals surface area contributed by atoms with E-state index in [0.717, 1.165) is 17.7 Å². The summed E-state index contributed by atoms with van der Waals surface area (Å²) in [5, 5.41) is 2.23. The summed E-state index contributed by atoms with van der Waals surface area (Å²) in [5.74, 6) is 0.166. The summed E-state index contributed by atoms with van der Waals surface area (Å²) in [4.78, 5) is 39.1. The van der Waals surface area contributed by atoms with Gasteiger partial charge in [0.15, 0.2) is 0 Å². The smallest absolute Gasteiger partial charge is 0.335 e. The maximum absolute atomic E-state index is 13.2. The monoisotopic (exact) mass is 452 g/mol. The fourth-order valence-corrected chi connectivity index (χ4v) is 3.19. The van der Waals surface area contributed by atoms with E-state index in [1.807, 2.05) is 13.8 Å². The topological polar surface area (TPSA) is 94.2 Å². The molecule has 174 valence electrons. The summed E-state index contributed by atoms with van der Waals surface area (Å²) >= 11 is 0. The third kappa shape index (κ3) is 5.71. The number of hydrogen-bond acceptors (Lipinski definition) is 6. The van der Waals surface area contributed by atoms with E-state index in [4.69, 9.17) is 14.2 Å². The lowest BCUT2D eigenvalue weighted by Crippen LogP contribution is -2.54. The number of hydrogen-bond donors (Lipinski definition) is 1. The molecule has 2 aromatic carbocycles. The van der Waals surface area contributed by atoms with Crippen molar-refractivity contribution >= 4 is 29.6 Å². The van der Waals surface area contributed by atoms with Crippen molar-refractivity contribution in [1.29, 1.82) is 0 Å². The fraction of sp³-hybridized carbons (Fsp3) is 0.320. The van der Waals surface area contributed by atoms with E-state index < -0.39 is 17.8 Å². The summed E-state index contributed by atoms with van der Waals surface area (Å²) in [6.07, 6.45) is 3.22. The fourth-order valence-electron chi connectivity index (χ4n) is 3.19. The summed E-state index contributed by atoms with van der Waals surface area (Å²) in [5.41, 5.74) is 0.653. The van der Waals surface area contributed by atoms with Crippen LogP contribution in [0.1, 0.15) is 39.2 Å². The van der Waals surface area contributed by atoms with Gasteiger partial charge in [0.25, 0.3) is 11.8 Å². The third-order valence-electron chi connectivity index (χ3n) is 4.85. The minimum absolute atomic E-state index is 0.138. The number of rotatable bonds is 9. The first-order valence-corrected chi connectivity index (χ1v) is 10.8. The van der Waals surface area contributed by atoms with E-state index in [-0.39, 0.29) is 11.7 Å². The number of anilines is 1. The van der Waals surface area contributed by atoms with Crippen molar-refractivity contribution in [2.75, 3.05) is 18.6 Å². The van der Waals surface area contributed by atoms with E-state index in [2.05, 4.69) is 12.2 Å². The van der Waals surface area contributed by atoms with Gasteiger partial charge in [-0.05, 0) is 62.7 Å². The standard InChI is InChI=1S/C25H28N2O6/c1-5-6-13-32-19-11-8-18(9-12-19)27-24(29)21(23(28)26-25(27)30)14-17-7-10-20(31-4)15-22(17)33-16(2)3/h7-12,14-16H,5-6,13H2,1-4H3,(H,26,28,30)/b21-14-. The molecule has 0 unspecified atom stereocenters. The van der Waals surface area contributed by atoms with Crippen LogP contribution in [-0.4, -0.2) is 37.7 Å². The second kappa shape index (κ2) is 10.7. The highest BCUT2D eigenvalue weighted by atomic mass is 16.5. The molecule has 1 heterocycles. The molecule has 33 heavy (non-hydrogen) atoms. The number of imide groups is 2. The van der Waals surface area contributed by atoms with Gasteiger partial charge in [-0.2, -0.15) is 0 Å². The molecule has 8 heteroatoms. The summed E-state index contributed by atoms with van der Waals surface area (Å²) in [6.45, 7) is 6.39. The zero-order valence-corrected chi connectivity index (χ0v) is 19.2. The normalized spacial score (nSPS) is 15.1. The SMILES string of the molecule is CCCCOc1ccc(N2C(=O)NC(=O)/C(=C/c3ccc(OC)cc3OC(C)C)C2=O)cc1. The molecule has 0 saturated carbocycles. The zero-order chi connectivity index (χ0) is 24.0. The molecule has 0 atom stereocenters. The average Bonchev–Trinajstić information content (AvgIpc) is 2.78. The van der Waals surface area contributed by atoms with Gasteiger partial charge in [-0.1, -0.05) is 13.3 Å². The molecular weight excluding hydrogens is 424 g/mol. The van der Waals surface area contributed by atoms with Crippen LogP contribution in [0.5, 0.6) is 17.2 Å². The molecular formula is C25H28N2O6. The lowest BCUT2D eigenvalue weighted by molar-refractivity contribution is -0.122. The van der Waals surface area contributed by atoms with Gasteiger partial charge in [0, 0.05) is 11.6 Å². The Morgan fingerprint density at radius 3 is 2.36 bits per heavy atom. The van der Waals surface area contributed by atoms with Crippen molar-refractivity contribution in [3.05, 3.63) is 53.6 Å². The molecule has 3 rings (SSSR count). The summed E-state index contributed by atoms with van der Waals surface area (Å²) in [7, 11) is 1.54. The molecule has 2 aromatic rings. The number of carbonyl (C=O) groups excluding carboxylic acids is 3. The van der Waals surface area contributed by atoms with Crippen molar-refractivity contribution in [3.63, 3.8) is 0 Å². The van der Waals surface area contributed by atoms with Crippen molar-refractivity contribution < 1.29 is 28.6 Å². The van der Waals surface area contributed by atoms with Crippen LogP contribution in [0.4, 0.5) is 10.5 Å². The van der Waals surface area contributed by atoms with Crippen LogP contribution in [0.15, 0.2) is 48.0 Å². The second-order valence-electron chi connectivity index (χ2n) is 7.72. The number of carbonyl (C=O) groups is 3. The quantitative estimate of drug-likeness (QED) is 0.346. The van der Waals surface area contributed by atoms with Crippen LogP contribution in [-0.2, 0) is 9.59 Å². The number of nitrogens with one attached hydrogen (secondary N) is 1. The van der Waals surface area contributed by atoms with E-state index >= 15 is 0 Å². The number of ether oxygens (including phenoxy) is 3. The largest absolute Gasteiger partial charge is 0.497 e. The van der Waals surface area contributed by atoms with Gasteiger partial charge >= 0.3 is 6.03 Å². The maximum atomic E-state index is 13.2. The molecule has 4 amide bonds. The number of nitrogens with zero attached hydrogens (tertiary/aromatic N) is 1. The number of unbranched alkanes of at least 4 members (excludes halogenated alkanes) is 1. The minimum atomic E-state index is -0.810. The molecule has 0 aromatic heterocycles. The first-order chi connectivity index (χ1) is 15.8. The van der Waals surface area contributed by atoms with Crippen LogP contribution in [0.25, 0.3) is 6.08 Å². The van der Waals surface area contributed by atoms with Gasteiger partial charge in [0.2, 0.25) is 0 Å². The number of urea groups is 1. The second-order valence-corrected chi connectivity index (χ2v) is 7.72. The molecule has 1 aliphatic heterocycles. The molecule has 1 fully saturated rings. The lowest BCUT2D eigenvalue weighted by Gasteiger charge is -2.26. The van der Waals surface area contributed by atoms with Crippen LogP contribution in [0, 0.1) is 0 Å². The van der Waals surface area contributed by atoms with Crippen molar-refractivity contribution in [2.45, 2.75) is 39.7 Å². The first kappa shape index (κ1) is 23.8. The maximum Gasteiger partial charge on any atom is 0.335 e. The van der Waals surface area contributed by atoms with Gasteiger partial charge < -0.3 is 14.2 Å². The number of benzene rings is 2. The summed E-state index contributed by atoms with van der Waals surface area (Å²) < 4.78 is 16.7. The Morgan fingerprint density at radius 1 is 1.03 bits per heavy atom. The first-order valence-electron chi connectivity index (χ1n) is 10.8. The Morgan fingerprint density at radius 2 is 1.73 bits per heavy atom. The van der Waals surface area contributed by atoms with E-state index in [0.29, 0.717) is 35.1 Å². The summed E-state index contributed by atoms with van der Waals surface area (Å²) in [6, 6.07) is 10.8. The highest BCUT2D eigenvalue weighted by Gasteiger charge is 2.37. The number of methoxy groups -OCH3 is 1. The molecule has 0 spiro atoms. The number of barbiturate groups is 1. The average molecular weight is 453 g/mol. The van der Waals surface area contributed by atoms with Crippen LogP contribution in [0.2, 0.25) is 0 Å². The van der Waals surface area contributed by atoms with Crippen LogP contribution in [0.3, 0.4) is 0 Å². The Labute approximate surface area is 193 Å². The van der Waals surface area contributed by atoms with Gasteiger partial charge in [-0.15, -0.1) is 0 Å². The lowest BCUT2D eigenvalue weighted by atomic mass is 10.1. The van der Waals surface area contributed by atoms with E-state index in [1.165, 1.54) is 13.2 Å². The highest BCUT2D eigenvalue weighted by Crippen LogP contribution is 2.30. The highest BCUT2D eigenvalue weighted by molar-refractivity contribution is 6.39. The Kier molecular flexibility index (Phi) is 7.71. The van der Waals surface area contributed by atoms with Crippen molar-refractivity contribution in [1.82, 2.24) is 5.32 Å². The third-order valence-corrected chi connectivity index (χ3v) is 4.85. The molecule has 0 bridgehead atoms. The van der Waals surface area contributed by atoms with Gasteiger partial charge in [-0.3, -0.25) is 14.9 Å². The molecule has 0 aliphatic carbocycles. The predicted octanol–water partition coefficient (Wildman–Crippen LogP) is 4.33.